The van der Waals surface area contributed by atoms with Crippen LogP contribution in [0.1, 0.15) is 18.6 Å². The number of aliphatic carboxylic acids is 1. The van der Waals surface area contributed by atoms with Gasteiger partial charge in [-0.15, -0.1) is 0 Å². The summed E-state index contributed by atoms with van der Waals surface area (Å²) in [6.07, 6.45) is -0.612. The van der Waals surface area contributed by atoms with Crippen LogP contribution in [0.25, 0.3) is 0 Å². The SMILES string of the molecule is O=C(O)C(F)(F)F.c1coc(CN2C[C@@H]3COC[C@]3(COCC3CC3)C2)c1. The number of fused-ring (bicyclic) bond motifs is 1. The number of hydrogen-bond donors (Lipinski definition) is 1. The fraction of sp³-hybridized carbons (Fsp3) is 0.722. The molecule has 27 heavy (non-hydrogen) atoms. The number of hydrogen-bond acceptors (Lipinski definition) is 5. The first-order valence-electron chi connectivity index (χ1n) is 8.99. The van der Waals surface area contributed by atoms with E-state index in [9.17, 15) is 13.2 Å². The van der Waals surface area contributed by atoms with Crippen LogP contribution in [0.5, 0.6) is 0 Å². The van der Waals surface area contributed by atoms with Gasteiger partial charge in [0.25, 0.3) is 0 Å². The van der Waals surface area contributed by atoms with Gasteiger partial charge in [0.1, 0.15) is 5.76 Å². The first kappa shape index (κ1) is 20.2. The average Bonchev–Trinajstić information content (AvgIpc) is 2.97. The molecular weight excluding hydrogens is 367 g/mol. The van der Waals surface area contributed by atoms with Crippen LogP contribution < -0.4 is 0 Å². The normalized spacial score (nSPS) is 27.9. The van der Waals surface area contributed by atoms with Crippen molar-refractivity contribution in [3.05, 3.63) is 24.2 Å². The zero-order valence-electron chi connectivity index (χ0n) is 14.9. The van der Waals surface area contributed by atoms with Crippen LogP contribution in [-0.2, 0) is 20.8 Å². The summed E-state index contributed by atoms with van der Waals surface area (Å²) in [5, 5.41) is 7.12. The molecule has 1 saturated carbocycles. The highest BCUT2D eigenvalue weighted by molar-refractivity contribution is 5.73. The Morgan fingerprint density at radius 1 is 1.41 bits per heavy atom. The molecule has 3 aliphatic rings. The number of rotatable bonds is 6. The molecule has 1 aromatic heterocycles. The van der Waals surface area contributed by atoms with E-state index in [-0.39, 0.29) is 5.41 Å². The van der Waals surface area contributed by atoms with Gasteiger partial charge in [0.15, 0.2) is 0 Å². The van der Waals surface area contributed by atoms with Crippen LogP contribution in [0, 0.1) is 17.3 Å². The second kappa shape index (κ2) is 8.20. The molecule has 0 unspecified atom stereocenters. The molecule has 6 nitrogen and oxygen atoms in total. The lowest BCUT2D eigenvalue weighted by atomic mass is 9.82. The monoisotopic (exact) mass is 391 g/mol. The van der Waals surface area contributed by atoms with Crippen molar-refractivity contribution in [1.29, 1.82) is 0 Å². The lowest BCUT2D eigenvalue weighted by molar-refractivity contribution is -0.192. The Morgan fingerprint density at radius 2 is 2.15 bits per heavy atom. The molecule has 152 valence electrons. The molecular formula is C18H24F3NO5. The highest BCUT2D eigenvalue weighted by atomic mass is 19.4. The molecule has 1 aliphatic carbocycles. The van der Waals surface area contributed by atoms with E-state index in [4.69, 9.17) is 23.8 Å². The third-order valence-corrected chi connectivity index (χ3v) is 5.23. The molecule has 2 atom stereocenters. The molecule has 0 spiro atoms. The Balaban J connectivity index is 0.000000260. The first-order valence-corrected chi connectivity index (χ1v) is 8.99. The van der Waals surface area contributed by atoms with Gasteiger partial charge in [-0.05, 0) is 30.9 Å². The van der Waals surface area contributed by atoms with E-state index in [0.717, 1.165) is 57.7 Å². The van der Waals surface area contributed by atoms with E-state index in [1.54, 1.807) is 6.26 Å². The van der Waals surface area contributed by atoms with Crippen LogP contribution in [0.3, 0.4) is 0 Å². The summed E-state index contributed by atoms with van der Waals surface area (Å²) in [6.45, 7) is 6.65. The Morgan fingerprint density at radius 3 is 2.74 bits per heavy atom. The van der Waals surface area contributed by atoms with Gasteiger partial charge < -0.3 is 19.0 Å². The van der Waals surface area contributed by atoms with Crippen LogP contribution in [0.2, 0.25) is 0 Å². The summed E-state index contributed by atoms with van der Waals surface area (Å²) < 4.78 is 48.9. The predicted octanol–water partition coefficient (Wildman–Crippen LogP) is 2.79. The van der Waals surface area contributed by atoms with Gasteiger partial charge in [-0.3, -0.25) is 4.90 Å². The third-order valence-electron chi connectivity index (χ3n) is 5.23. The molecule has 4 rings (SSSR count). The van der Waals surface area contributed by atoms with E-state index in [2.05, 4.69) is 11.0 Å². The zero-order valence-corrected chi connectivity index (χ0v) is 14.9. The second-order valence-electron chi connectivity index (χ2n) is 7.58. The number of nitrogens with zero attached hydrogens (tertiary/aromatic N) is 1. The van der Waals surface area contributed by atoms with Crippen molar-refractivity contribution in [2.75, 3.05) is 39.5 Å². The van der Waals surface area contributed by atoms with Crippen LogP contribution in [0.15, 0.2) is 22.8 Å². The fourth-order valence-corrected chi connectivity index (χ4v) is 3.60. The Labute approximate surface area is 155 Å². The number of alkyl halides is 3. The van der Waals surface area contributed by atoms with Crippen molar-refractivity contribution in [1.82, 2.24) is 4.90 Å². The lowest BCUT2D eigenvalue weighted by Crippen LogP contribution is -2.35. The molecule has 2 aliphatic heterocycles. The summed E-state index contributed by atoms with van der Waals surface area (Å²) in [6, 6.07) is 4.02. The van der Waals surface area contributed by atoms with Gasteiger partial charge in [-0.25, -0.2) is 4.79 Å². The van der Waals surface area contributed by atoms with Crippen molar-refractivity contribution >= 4 is 5.97 Å². The third kappa shape index (κ3) is 5.46. The molecule has 9 heteroatoms. The van der Waals surface area contributed by atoms with E-state index >= 15 is 0 Å². The molecule has 1 aromatic rings. The summed E-state index contributed by atoms with van der Waals surface area (Å²) in [7, 11) is 0. The fourth-order valence-electron chi connectivity index (χ4n) is 3.60. The Hall–Kier alpha value is -1.58. The second-order valence-corrected chi connectivity index (χ2v) is 7.58. The highest BCUT2D eigenvalue weighted by Gasteiger charge is 2.51. The number of furan rings is 1. The minimum Gasteiger partial charge on any atom is -0.475 e. The van der Waals surface area contributed by atoms with Gasteiger partial charge in [0, 0.05) is 31.0 Å². The molecule has 2 saturated heterocycles. The number of halogens is 3. The van der Waals surface area contributed by atoms with E-state index in [1.165, 1.54) is 12.8 Å². The average molecular weight is 391 g/mol. The topological polar surface area (TPSA) is 72.1 Å². The summed E-state index contributed by atoms with van der Waals surface area (Å²) >= 11 is 0. The summed E-state index contributed by atoms with van der Waals surface area (Å²) in [5.74, 6) is -0.239. The van der Waals surface area contributed by atoms with Gasteiger partial charge in [0.2, 0.25) is 0 Å². The number of carboxylic acid groups (broad SMARTS) is 1. The maximum atomic E-state index is 10.6. The molecule has 3 heterocycles. The summed E-state index contributed by atoms with van der Waals surface area (Å²) in [4.78, 5) is 11.4. The van der Waals surface area contributed by atoms with Crippen molar-refractivity contribution in [3.8, 4) is 0 Å². The van der Waals surface area contributed by atoms with Crippen LogP contribution in [-0.4, -0.2) is 61.7 Å². The van der Waals surface area contributed by atoms with Gasteiger partial charge >= 0.3 is 12.1 Å². The van der Waals surface area contributed by atoms with Crippen LogP contribution >= 0.6 is 0 Å². The maximum absolute atomic E-state index is 10.6. The number of carboxylic acids is 1. The van der Waals surface area contributed by atoms with Crippen molar-refractivity contribution in [2.45, 2.75) is 25.6 Å². The maximum Gasteiger partial charge on any atom is 0.490 e. The van der Waals surface area contributed by atoms with Gasteiger partial charge in [-0.1, -0.05) is 0 Å². The van der Waals surface area contributed by atoms with E-state index < -0.39 is 12.1 Å². The first-order chi connectivity index (χ1) is 12.8. The molecule has 0 aromatic carbocycles. The van der Waals surface area contributed by atoms with Crippen molar-refractivity contribution < 1.29 is 37.0 Å². The molecule has 1 N–H and O–H groups in total. The summed E-state index contributed by atoms with van der Waals surface area (Å²) in [5.41, 5.74) is 0.224. The van der Waals surface area contributed by atoms with Crippen LogP contribution in [0.4, 0.5) is 13.2 Å². The van der Waals surface area contributed by atoms with E-state index in [1.807, 2.05) is 6.07 Å². The molecule has 0 amide bonds. The quantitative estimate of drug-likeness (QED) is 0.804. The molecule has 0 radical (unpaired) electrons. The number of ether oxygens (including phenoxy) is 2. The predicted molar refractivity (Wildman–Crippen MR) is 88.0 cm³/mol. The minimum atomic E-state index is -5.08. The standard InChI is InChI=1S/C16H23NO3.C2HF3O2/c1-2-15(20-5-1)7-17-6-14-9-19-12-16(14,10-17)11-18-8-13-3-4-13;3-2(4,5)1(6)7/h1-2,5,13-14H,3-4,6-12H2;(H,6,7)/t14-,16-;/m1./s1. The number of carbonyl (C=O) groups is 1. The number of likely N-dealkylation sites (tertiary alicyclic amines) is 1. The van der Waals surface area contributed by atoms with Gasteiger partial charge in [-0.2, -0.15) is 13.2 Å². The smallest absolute Gasteiger partial charge is 0.475 e. The Kier molecular flexibility index (Phi) is 6.12. The lowest BCUT2D eigenvalue weighted by Gasteiger charge is -2.27. The molecule has 0 bridgehead atoms. The minimum absolute atomic E-state index is 0.224. The van der Waals surface area contributed by atoms with Gasteiger partial charge in [0.05, 0.1) is 32.6 Å². The molecule has 3 fully saturated rings. The van der Waals surface area contributed by atoms with Crippen molar-refractivity contribution in [2.24, 2.45) is 17.3 Å². The largest absolute Gasteiger partial charge is 0.490 e. The van der Waals surface area contributed by atoms with Crippen molar-refractivity contribution in [3.63, 3.8) is 0 Å². The zero-order chi connectivity index (χ0) is 19.5. The van der Waals surface area contributed by atoms with E-state index in [0.29, 0.717) is 5.92 Å². The Bertz CT molecular complexity index is 617. The highest BCUT2D eigenvalue weighted by Crippen LogP contribution is 2.42.